The summed E-state index contributed by atoms with van der Waals surface area (Å²) in [7, 11) is 0. The number of fused-ring (bicyclic) bond motifs is 1. The Morgan fingerprint density at radius 3 is 2.88 bits per heavy atom. The number of hydrogen-bond donors (Lipinski definition) is 2. The van der Waals surface area contributed by atoms with Crippen molar-refractivity contribution >= 4 is 11.8 Å². The topological polar surface area (TPSA) is 80.0 Å². The zero-order valence-corrected chi connectivity index (χ0v) is 13.6. The monoisotopic (exact) mass is 334 g/mol. The average molecular weight is 334 g/mol. The lowest BCUT2D eigenvalue weighted by Gasteiger charge is -2.09. The molecule has 0 amide bonds. The van der Waals surface area contributed by atoms with Crippen LogP contribution in [0.5, 0.6) is 0 Å². The maximum Gasteiger partial charge on any atom is 0.335 e. The van der Waals surface area contributed by atoms with E-state index in [0.717, 1.165) is 54.3 Å². The standard InChI is InChI=1S/C19H18N4O2/c24-19(25)13-6-5-7-14(12-13)23-18-15(8-1-3-11-21-18)17(22-23)16-9-2-4-10-20-16/h2,4-7,9-10,12,21H,1,3,8,11H2,(H,24,25). The molecule has 0 aliphatic carbocycles. The van der Waals surface area contributed by atoms with Crippen LogP contribution in [0.25, 0.3) is 17.1 Å². The molecule has 0 spiro atoms. The lowest BCUT2D eigenvalue weighted by molar-refractivity contribution is 0.0697. The summed E-state index contributed by atoms with van der Waals surface area (Å²) in [6.45, 7) is 0.874. The van der Waals surface area contributed by atoms with E-state index in [-0.39, 0.29) is 5.56 Å². The summed E-state index contributed by atoms with van der Waals surface area (Å²) in [6, 6.07) is 12.6. The summed E-state index contributed by atoms with van der Waals surface area (Å²) >= 11 is 0. The van der Waals surface area contributed by atoms with Crippen LogP contribution in [0, 0.1) is 0 Å². The van der Waals surface area contributed by atoms with Crippen LogP contribution in [-0.2, 0) is 6.42 Å². The minimum absolute atomic E-state index is 0.245. The SMILES string of the molecule is O=C(O)c1cccc(-n2nc(-c3ccccn3)c3c2NCCCC3)c1. The lowest BCUT2D eigenvalue weighted by Crippen LogP contribution is -2.08. The van der Waals surface area contributed by atoms with E-state index in [2.05, 4.69) is 10.3 Å². The maximum absolute atomic E-state index is 11.3. The average Bonchev–Trinajstić information content (AvgIpc) is 2.83. The third-order valence-electron chi connectivity index (χ3n) is 4.37. The van der Waals surface area contributed by atoms with Gasteiger partial charge >= 0.3 is 5.97 Å². The number of rotatable bonds is 3. The molecule has 25 heavy (non-hydrogen) atoms. The number of anilines is 1. The van der Waals surface area contributed by atoms with E-state index in [1.165, 1.54) is 0 Å². The third-order valence-corrected chi connectivity index (χ3v) is 4.37. The predicted molar refractivity (Wildman–Crippen MR) is 95.2 cm³/mol. The van der Waals surface area contributed by atoms with Gasteiger partial charge in [-0.3, -0.25) is 4.98 Å². The van der Waals surface area contributed by atoms with Gasteiger partial charge in [0.25, 0.3) is 0 Å². The molecule has 6 heteroatoms. The molecule has 0 saturated heterocycles. The molecule has 0 saturated carbocycles. The van der Waals surface area contributed by atoms with Gasteiger partial charge in [-0.1, -0.05) is 12.1 Å². The van der Waals surface area contributed by atoms with Crippen molar-refractivity contribution in [1.29, 1.82) is 0 Å². The van der Waals surface area contributed by atoms with E-state index in [1.807, 2.05) is 24.3 Å². The van der Waals surface area contributed by atoms with Crippen molar-refractivity contribution in [2.24, 2.45) is 0 Å². The first-order chi connectivity index (χ1) is 12.2. The Balaban J connectivity index is 1.90. The minimum atomic E-state index is -0.946. The van der Waals surface area contributed by atoms with Crippen molar-refractivity contribution in [3.63, 3.8) is 0 Å². The highest BCUT2D eigenvalue weighted by Gasteiger charge is 2.22. The number of aromatic nitrogens is 3. The minimum Gasteiger partial charge on any atom is -0.478 e. The second-order valence-electron chi connectivity index (χ2n) is 6.04. The summed E-state index contributed by atoms with van der Waals surface area (Å²) < 4.78 is 1.80. The number of pyridine rings is 1. The first-order valence-electron chi connectivity index (χ1n) is 8.35. The molecule has 4 rings (SSSR count). The first-order valence-corrected chi connectivity index (χ1v) is 8.35. The number of benzene rings is 1. The molecule has 1 aliphatic rings. The fourth-order valence-electron chi connectivity index (χ4n) is 3.17. The first kappa shape index (κ1) is 15.4. The maximum atomic E-state index is 11.3. The van der Waals surface area contributed by atoms with Crippen molar-refractivity contribution in [2.75, 3.05) is 11.9 Å². The van der Waals surface area contributed by atoms with Crippen molar-refractivity contribution in [3.05, 3.63) is 59.8 Å². The molecule has 3 aromatic rings. The van der Waals surface area contributed by atoms with Crippen LogP contribution >= 0.6 is 0 Å². The van der Waals surface area contributed by atoms with E-state index in [1.54, 1.807) is 29.1 Å². The zero-order valence-electron chi connectivity index (χ0n) is 13.6. The molecule has 3 heterocycles. The predicted octanol–water partition coefficient (Wildman–Crippen LogP) is 3.38. The Morgan fingerprint density at radius 2 is 2.08 bits per heavy atom. The van der Waals surface area contributed by atoms with E-state index in [9.17, 15) is 9.90 Å². The highest BCUT2D eigenvalue weighted by molar-refractivity contribution is 5.88. The quantitative estimate of drug-likeness (QED) is 0.767. The second kappa shape index (κ2) is 6.39. The summed E-state index contributed by atoms with van der Waals surface area (Å²) in [4.78, 5) is 15.7. The van der Waals surface area contributed by atoms with Crippen molar-refractivity contribution < 1.29 is 9.90 Å². The van der Waals surface area contributed by atoms with E-state index in [0.29, 0.717) is 0 Å². The number of carbonyl (C=O) groups is 1. The summed E-state index contributed by atoms with van der Waals surface area (Å²) in [6.07, 6.45) is 4.86. The van der Waals surface area contributed by atoms with E-state index < -0.39 is 5.97 Å². The van der Waals surface area contributed by atoms with Crippen LogP contribution < -0.4 is 5.32 Å². The zero-order chi connectivity index (χ0) is 17.2. The summed E-state index contributed by atoms with van der Waals surface area (Å²) in [5.41, 5.74) is 3.79. The Morgan fingerprint density at radius 1 is 1.16 bits per heavy atom. The van der Waals surface area contributed by atoms with Crippen LogP contribution in [0.2, 0.25) is 0 Å². The summed E-state index contributed by atoms with van der Waals surface area (Å²) in [5, 5.41) is 17.5. The van der Waals surface area contributed by atoms with Crippen molar-refractivity contribution in [3.8, 4) is 17.1 Å². The molecule has 6 nitrogen and oxygen atoms in total. The van der Waals surface area contributed by atoms with Crippen LogP contribution in [0.4, 0.5) is 5.82 Å². The molecule has 2 aromatic heterocycles. The lowest BCUT2D eigenvalue weighted by atomic mass is 10.1. The number of aromatic carboxylic acids is 1. The molecule has 0 fully saturated rings. The highest BCUT2D eigenvalue weighted by Crippen LogP contribution is 2.33. The molecule has 0 atom stereocenters. The van der Waals surface area contributed by atoms with Crippen LogP contribution in [0.15, 0.2) is 48.7 Å². The smallest absolute Gasteiger partial charge is 0.335 e. The largest absolute Gasteiger partial charge is 0.478 e. The molecule has 1 aromatic carbocycles. The van der Waals surface area contributed by atoms with E-state index >= 15 is 0 Å². The normalized spacial score (nSPS) is 13.6. The van der Waals surface area contributed by atoms with Gasteiger partial charge in [0.05, 0.1) is 16.9 Å². The molecule has 1 aliphatic heterocycles. The van der Waals surface area contributed by atoms with Gasteiger partial charge in [-0.2, -0.15) is 5.10 Å². The third kappa shape index (κ3) is 2.87. The van der Waals surface area contributed by atoms with E-state index in [4.69, 9.17) is 5.10 Å². The molecule has 126 valence electrons. The van der Waals surface area contributed by atoms with Crippen molar-refractivity contribution in [2.45, 2.75) is 19.3 Å². The van der Waals surface area contributed by atoms with Gasteiger partial charge in [0.2, 0.25) is 0 Å². The number of carboxylic acid groups (broad SMARTS) is 1. The van der Waals surface area contributed by atoms with Crippen LogP contribution in [0.3, 0.4) is 0 Å². The van der Waals surface area contributed by atoms with Crippen molar-refractivity contribution in [1.82, 2.24) is 14.8 Å². The fraction of sp³-hybridized carbons (Fsp3) is 0.211. The fourth-order valence-corrected chi connectivity index (χ4v) is 3.17. The van der Waals surface area contributed by atoms with Gasteiger partial charge < -0.3 is 10.4 Å². The van der Waals surface area contributed by atoms with Gasteiger partial charge in [-0.15, -0.1) is 0 Å². The number of hydrogen-bond acceptors (Lipinski definition) is 4. The highest BCUT2D eigenvalue weighted by atomic mass is 16.4. The van der Waals surface area contributed by atoms with Crippen LogP contribution in [0.1, 0.15) is 28.8 Å². The van der Waals surface area contributed by atoms with Gasteiger partial charge in [-0.25, -0.2) is 9.48 Å². The molecule has 2 N–H and O–H groups in total. The molecule has 0 bridgehead atoms. The Hall–Kier alpha value is -3.15. The Labute approximate surface area is 145 Å². The Kier molecular flexibility index (Phi) is 3.93. The molecular formula is C19H18N4O2. The van der Waals surface area contributed by atoms with Crippen LogP contribution in [-0.4, -0.2) is 32.4 Å². The molecule has 0 unspecified atom stereocenters. The van der Waals surface area contributed by atoms with Gasteiger partial charge in [0.1, 0.15) is 11.5 Å². The van der Waals surface area contributed by atoms with Gasteiger partial charge in [0, 0.05) is 18.3 Å². The second-order valence-corrected chi connectivity index (χ2v) is 6.04. The van der Waals surface area contributed by atoms with Gasteiger partial charge in [-0.05, 0) is 49.6 Å². The molecule has 0 radical (unpaired) electrons. The summed E-state index contributed by atoms with van der Waals surface area (Å²) in [5.74, 6) is -0.0151. The Bertz CT molecular complexity index is 918. The number of nitrogens with zero attached hydrogens (tertiary/aromatic N) is 3. The number of nitrogens with one attached hydrogen (secondary N) is 1. The molecular weight excluding hydrogens is 316 g/mol. The number of carboxylic acids is 1. The van der Waals surface area contributed by atoms with Gasteiger partial charge in [0.15, 0.2) is 0 Å².